The minimum Gasteiger partial charge on any atom is -0.465 e. The quantitative estimate of drug-likeness (QED) is 0.457. The van der Waals surface area contributed by atoms with Gasteiger partial charge in [-0.1, -0.05) is 18.7 Å². The highest BCUT2D eigenvalue weighted by atomic mass is 16.5. The number of nitrogens with one attached hydrogen (secondary N) is 1. The van der Waals surface area contributed by atoms with Crippen LogP contribution in [0.1, 0.15) is 15.9 Å². The highest BCUT2D eigenvalue weighted by Crippen LogP contribution is 2.05. The first-order chi connectivity index (χ1) is 8.17. The number of ether oxygens (including phenoxy) is 1. The third kappa shape index (κ3) is 4.20. The lowest BCUT2D eigenvalue weighted by molar-refractivity contribution is -0.104. The summed E-state index contributed by atoms with van der Waals surface area (Å²) in [5, 5.41) is 3.07. The molecular weight excluding hydrogens is 218 g/mol. The van der Waals surface area contributed by atoms with Gasteiger partial charge in [-0.05, 0) is 23.3 Å². The second-order valence-electron chi connectivity index (χ2n) is 3.57. The second-order valence-corrected chi connectivity index (χ2v) is 3.57. The number of benzene rings is 1. The number of aldehydes is 1. The summed E-state index contributed by atoms with van der Waals surface area (Å²) in [6, 6.07) is 7.08. The van der Waals surface area contributed by atoms with E-state index in [1.54, 1.807) is 12.1 Å². The molecule has 0 saturated carbocycles. The Balaban J connectivity index is 2.48. The van der Waals surface area contributed by atoms with E-state index in [1.807, 2.05) is 12.1 Å². The highest BCUT2D eigenvalue weighted by molar-refractivity contribution is 5.89. The summed E-state index contributed by atoms with van der Waals surface area (Å²) in [6.07, 6.45) is 0.730. The van der Waals surface area contributed by atoms with Crippen LogP contribution in [0, 0.1) is 0 Å². The lowest BCUT2D eigenvalue weighted by atomic mass is 10.1. The molecule has 0 aromatic heterocycles. The van der Waals surface area contributed by atoms with Gasteiger partial charge in [-0.15, -0.1) is 0 Å². The number of hydrogen-bond donors (Lipinski definition) is 1. The molecule has 0 heterocycles. The third-order valence-electron chi connectivity index (χ3n) is 2.22. The second kappa shape index (κ2) is 6.60. The van der Waals surface area contributed by atoms with Crippen molar-refractivity contribution in [2.45, 2.75) is 6.54 Å². The van der Waals surface area contributed by atoms with Crippen molar-refractivity contribution in [1.82, 2.24) is 5.32 Å². The van der Waals surface area contributed by atoms with Crippen LogP contribution in [0.25, 0.3) is 0 Å². The summed E-state index contributed by atoms with van der Waals surface area (Å²) < 4.78 is 4.60. The van der Waals surface area contributed by atoms with Gasteiger partial charge in [-0.25, -0.2) is 4.79 Å². The number of hydrogen-bond acceptors (Lipinski definition) is 4. The Labute approximate surface area is 100 Å². The van der Waals surface area contributed by atoms with Crippen LogP contribution in [-0.4, -0.2) is 25.9 Å². The normalized spacial score (nSPS) is 9.71. The standard InChI is InChI=1S/C13H15NO3/c1-10(9-15)7-14-8-11-3-5-12(6-4-11)13(16)17-2/h3-6,9,14H,1,7-8H2,2H3. The molecule has 4 nitrogen and oxygen atoms in total. The molecule has 0 aliphatic heterocycles. The molecule has 0 saturated heterocycles. The van der Waals surface area contributed by atoms with E-state index in [2.05, 4.69) is 16.6 Å². The minimum atomic E-state index is -0.348. The molecule has 1 aromatic carbocycles. The van der Waals surface area contributed by atoms with Crippen LogP contribution in [0.3, 0.4) is 0 Å². The Bertz CT molecular complexity index is 409. The van der Waals surface area contributed by atoms with Crippen molar-refractivity contribution >= 4 is 12.3 Å². The van der Waals surface area contributed by atoms with Crippen molar-refractivity contribution in [2.75, 3.05) is 13.7 Å². The molecule has 0 fully saturated rings. The summed E-state index contributed by atoms with van der Waals surface area (Å²) in [5.41, 5.74) is 2.06. The molecule has 0 aliphatic carbocycles. The molecular formula is C13H15NO3. The fraction of sp³-hybridized carbons (Fsp3) is 0.231. The van der Waals surface area contributed by atoms with Crippen LogP contribution >= 0.6 is 0 Å². The number of carbonyl (C=O) groups excluding carboxylic acids is 2. The highest BCUT2D eigenvalue weighted by Gasteiger charge is 2.03. The molecule has 17 heavy (non-hydrogen) atoms. The van der Waals surface area contributed by atoms with Gasteiger partial charge >= 0.3 is 5.97 Å². The van der Waals surface area contributed by atoms with Crippen molar-refractivity contribution in [2.24, 2.45) is 0 Å². The summed E-state index contributed by atoms with van der Waals surface area (Å²) in [5.74, 6) is -0.348. The maximum Gasteiger partial charge on any atom is 0.337 e. The van der Waals surface area contributed by atoms with Gasteiger partial charge in [0.1, 0.15) is 6.29 Å². The van der Waals surface area contributed by atoms with Gasteiger partial charge in [0.25, 0.3) is 0 Å². The van der Waals surface area contributed by atoms with Crippen LogP contribution in [0.5, 0.6) is 0 Å². The van der Waals surface area contributed by atoms with Crippen molar-refractivity contribution in [3.63, 3.8) is 0 Å². The van der Waals surface area contributed by atoms with Gasteiger partial charge in [0.2, 0.25) is 0 Å². The third-order valence-corrected chi connectivity index (χ3v) is 2.22. The summed E-state index contributed by atoms with van der Waals surface area (Å²) in [7, 11) is 1.35. The van der Waals surface area contributed by atoms with Gasteiger partial charge < -0.3 is 10.1 Å². The van der Waals surface area contributed by atoms with Gasteiger partial charge in [-0.2, -0.15) is 0 Å². The lowest BCUT2D eigenvalue weighted by Gasteiger charge is -2.05. The van der Waals surface area contributed by atoms with Crippen molar-refractivity contribution in [1.29, 1.82) is 0 Å². The largest absolute Gasteiger partial charge is 0.465 e. The Hall–Kier alpha value is -1.94. The van der Waals surface area contributed by atoms with E-state index < -0.39 is 0 Å². The van der Waals surface area contributed by atoms with E-state index in [9.17, 15) is 9.59 Å². The predicted molar refractivity (Wildman–Crippen MR) is 64.7 cm³/mol. The molecule has 1 aromatic rings. The molecule has 0 radical (unpaired) electrons. The van der Waals surface area contributed by atoms with Crippen LogP contribution in [-0.2, 0) is 16.1 Å². The number of rotatable bonds is 6. The Morgan fingerprint density at radius 2 is 2.06 bits per heavy atom. The summed E-state index contributed by atoms with van der Waals surface area (Å²) >= 11 is 0. The zero-order valence-corrected chi connectivity index (χ0v) is 9.73. The van der Waals surface area contributed by atoms with E-state index in [0.717, 1.165) is 11.8 Å². The van der Waals surface area contributed by atoms with Gasteiger partial charge in [-0.3, -0.25) is 4.79 Å². The zero-order chi connectivity index (χ0) is 12.7. The monoisotopic (exact) mass is 233 g/mol. The molecule has 0 spiro atoms. The molecule has 0 aliphatic rings. The molecule has 90 valence electrons. The maximum absolute atomic E-state index is 11.2. The van der Waals surface area contributed by atoms with E-state index in [1.165, 1.54) is 7.11 Å². The molecule has 0 unspecified atom stereocenters. The van der Waals surface area contributed by atoms with Crippen LogP contribution in [0.15, 0.2) is 36.4 Å². The first kappa shape index (κ1) is 13.1. The molecule has 1 rings (SSSR count). The van der Waals surface area contributed by atoms with E-state index in [0.29, 0.717) is 24.2 Å². The van der Waals surface area contributed by atoms with Crippen LogP contribution in [0.2, 0.25) is 0 Å². The number of esters is 1. The smallest absolute Gasteiger partial charge is 0.337 e. The minimum absolute atomic E-state index is 0.348. The number of carbonyl (C=O) groups is 2. The summed E-state index contributed by atoms with van der Waals surface area (Å²) in [6.45, 7) is 4.64. The first-order valence-corrected chi connectivity index (χ1v) is 5.18. The van der Waals surface area contributed by atoms with Crippen molar-refractivity contribution in [3.8, 4) is 0 Å². The van der Waals surface area contributed by atoms with Gasteiger partial charge in [0.15, 0.2) is 0 Å². The Morgan fingerprint density at radius 3 is 2.59 bits per heavy atom. The molecule has 0 atom stereocenters. The molecule has 1 N–H and O–H groups in total. The SMILES string of the molecule is C=C(C=O)CNCc1ccc(C(=O)OC)cc1. The number of methoxy groups -OCH3 is 1. The molecule has 4 heteroatoms. The fourth-order valence-electron chi connectivity index (χ4n) is 1.29. The summed E-state index contributed by atoms with van der Waals surface area (Å²) in [4.78, 5) is 21.5. The zero-order valence-electron chi connectivity index (χ0n) is 9.73. The van der Waals surface area contributed by atoms with Gasteiger partial charge in [0.05, 0.1) is 12.7 Å². The fourth-order valence-corrected chi connectivity index (χ4v) is 1.29. The van der Waals surface area contributed by atoms with Gasteiger partial charge in [0, 0.05) is 13.1 Å². The Kier molecular flexibility index (Phi) is 5.10. The average Bonchev–Trinajstić information content (AvgIpc) is 2.38. The lowest BCUT2D eigenvalue weighted by Crippen LogP contribution is -2.16. The maximum atomic E-state index is 11.2. The predicted octanol–water partition coefficient (Wildman–Crippen LogP) is 1.32. The molecule has 0 amide bonds. The van der Waals surface area contributed by atoms with Crippen LogP contribution in [0.4, 0.5) is 0 Å². The average molecular weight is 233 g/mol. The van der Waals surface area contributed by atoms with Crippen LogP contribution < -0.4 is 5.32 Å². The van der Waals surface area contributed by atoms with E-state index in [4.69, 9.17) is 0 Å². The van der Waals surface area contributed by atoms with E-state index >= 15 is 0 Å². The van der Waals surface area contributed by atoms with Crippen molar-refractivity contribution < 1.29 is 14.3 Å². The topological polar surface area (TPSA) is 55.4 Å². The first-order valence-electron chi connectivity index (χ1n) is 5.18. The Morgan fingerprint density at radius 1 is 1.41 bits per heavy atom. The van der Waals surface area contributed by atoms with Crippen molar-refractivity contribution in [3.05, 3.63) is 47.5 Å². The molecule has 0 bridgehead atoms. The van der Waals surface area contributed by atoms with E-state index in [-0.39, 0.29) is 5.97 Å².